The van der Waals surface area contributed by atoms with Gasteiger partial charge in [-0.25, -0.2) is 4.98 Å². The van der Waals surface area contributed by atoms with Gasteiger partial charge in [0.1, 0.15) is 11.9 Å². The Kier molecular flexibility index (Phi) is 3.92. The lowest BCUT2D eigenvalue weighted by Crippen LogP contribution is -1.88. The van der Waals surface area contributed by atoms with Gasteiger partial charge in [0.15, 0.2) is 11.5 Å². The summed E-state index contributed by atoms with van der Waals surface area (Å²) in [7, 11) is 1.43. The number of methoxy groups -OCH3 is 1. The van der Waals surface area contributed by atoms with Gasteiger partial charge in [0.2, 0.25) is 0 Å². The first kappa shape index (κ1) is 14.9. The fourth-order valence-corrected chi connectivity index (χ4v) is 2.45. The number of H-pyrrole nitrogens is 1. The Hall–Kier alpha value is -2.97. The van der Waals surface area contributed by atoms with Crippen LogP contribution in [0.4, 0.5) is 0 Å². The molecule has 0 unspecified atom stereocenters. The third-order valence-corrected chi connectivity index (χ3v) is 3.63. The fourth-order valence-electron chi connectivity index (χ4n) is 2.23. The molecule has 2 aromatic carbocycles. The molecule has 1 aromatic heterocycles. The Labute approximate surface area is 137 Å². The minimum Gasteiger partial charge on any atom is -0.503 e. The number of aromatic amines is 1. The Balaban J connectivity index is 2.09. The number of benzene rings is 2. The van der Waals surface area contributed by atoms with Gasteiger partial charge in [0.05, 0.1) is 28.7 Å². The summed E-state index contributed by atoms with van der Waals surface area (Å²) in [6.45, 7) is 0. The average molecular weight is 326 g/mol. The highest BCUT2D eigenvalue weighted by Crippen LogP contribution is 2.35. The lowest BCUT2D eigenvalue weighted by Gasteiger charge is -2.06. The van der Waals surface area contributed by atoms with Gasteiger partial charge >= 0.3 is 0 Å². The van der Waals surface area contributed by atoms with Crippen LogP contribution >= 0.6 is 11.6 Å². The molecule has 2 N–H and O–H groups in total. The summed E-state index contributed by atoms with van der Waals surface area (Å²) in [5.41, 5.74) is 2.61. The number of nitrogens with one attached hydrogen (secondary N) is 1. The molecule has 3 aromatic rings. The van der Waals surface area contributed by atoms with Gasteiger partial charge in [-0.3, -0.25) is 0 Å². The van der Waals surface area contributed by atoms with Crippen molar-refractivity contribution in [3.05, 3.63) is 52.8 Å². The second kappa shape index (κ2) is 6.03. The highest BCUT2D eigenvalue weighted by molar-refractivity contribution is 6.32. The maximum atomic E-state index is 9.76. The number of nitriles is 1. The molecule has 0 aliphatic rings. The van der Waals surface area contributed by atoms with Gasteiger partial charge in [-0.1, -0.05) is 23.7 Å². The van der Waals surface area contributed by atoms with E-state index in [1.54, 1.807) is 18.2 Å². The predicted molar refractivity (Wildman–Crippen MR) is 89.2 cm³/mol. The molecule has 0 saturated carbocycles. The minimum atomic E-state index is -0.131. The van der Waals surface area contributed by atoms with Crippen LogP contribution in [0.5, 0.6) is 11.5 Å². The van der Waals surface area contributed by atoms with Gasteiger partial charge in [0, 0.05) is 0 Å². The lowest BCUT2D eigenvalue weighted by molar-refractivity contribution is 0.373. The first-order chi connectivity index (χ1) is 11.1. The molecule has 5 nitrogen and oxygen atoms in total. The van der Waals surface area contributed by atoms with Gasteiger partial charge in [-0.05, 0) is 35.9 Å². The number of ether oxygens (including phenoxy) is 1. The van der Waals surface area contributed by atoms with E-state index in [2.05, 4.69) is 16.0 Å². The van der Waals surface area contributed by atoms with Crippen LogP contribution in [0.3, 0.4) is 0 Å². The summed E-state index contributed by atoms with van der Waals surface area (Å²) < 4.78 is 5.07. The molecule has 0 amide bonds. The van der Waals surface area contributed by atoms with Crippen molar-refractivity contribution in [2.75, 3.05) is 7.11 Å². The molecule has 3 rings (SSSR count). The summed E-state index contributed by atoms with van der Waals surface area (Å²) in [4.78, 5) is 7.51. The molecular weight excluding hydrogens is 314 g/mol. The Morgan fingerprint density at radius 1 is 1.39 bits per heavy atom. The van der Waals surface area contributed by atoms with Crippen molar-refractivity contribution < 1.29 is 9.84 Å². The summed E-state index contributed by atoms with van der Waals surface area (Å²) in [5.74, 6) is 0.580. The first-order valence-corrected chi connectivity index (χ1v) is 7.13. The largest absolute Gasteiger partial charge is 0.503 e. The van der Waals surface area contributed by atoms with Crippen molar-refractivity contribution in [2.45, 2.75) is 0 Å². The third kappa shape index (κ3) is 2.85. The van der Waals surface area contributed by atoms with E-state index in [9.17, 15) is 10.4 Å². The number of imidazole rings is 1. The van der Waals surface area contributed by atoms with E-state index in [4.69, 9.17) is 16.3 Å². The van der Waals surface area contributed by atoms with Gasteiger partial charge < -0.3 is 14.8 Å². The average Bonchev–Trinajstić information content (AvgIpc) is 2.99. The van der Waals surface area contributed by atoms with Crippen LogP contribution in [0.25, 0.3) is 22.7 Å². The van der Waals surface area contributed by atoms with E-state index < -0.39 is 0 Å². The highest BCUT2D eigenvalue weighted by Gasteiger charge is 2.11. The lowest BCUT2D eigenvalue weighted by atomic mass is 10.1. The van der Waals surface area contributed by atoms with E-state index in [1.807, 2.05) is 24.3 Å². The monoisotopic (exact) mass is 325 g/mol. The quantitative estimate of drug-likeness (QED) is 0.713. The number of hydrogen-bond acceptors (Lipinski definition) is 4. The van der Waals surface area contributed by atoms with Gasteiger partial charge in [-0.2, -0.15) is 5.26 Å². The molecule has 0 radical (unpaired) electrons. The number of nitrogens with zero attached hydrogens (tertiary/aromatic N) is 2. The molecule has 23 heavy (non-hydrogen) atoms. The number of para-hydroxylation sites is 2. The maximum absolute atomic E-state index is 9.76. The first-order valence-electron chi connectivity index (χ1n) is 6.76. The van der Waals surface area contributed by atoms with Crippen molar-refractivity contribution >= 4 is 34.3 Å². The van der Waals surface area contributed by atoms with Crippen LogP contribution in [0, 0.1) is 11.3 Å². The number of phenolic OH excluding ortho intramolecular Hbond substituents is 1. The van der Waals surface area contributed by atoms with Gasteiger partial charge in [-0.15, -0.1) is 0 Å². The number of hydrogen-bond donors (Lipinski definition) is 2. The van der Waals surface area contributed by atoms with Crippen LogP contribution in [-0.4, -0.2) is 22.2 Å². The van der Waals surface area contributed by atoms with Crippen LogP contribution in [-0.2, 0) is 0 Å². The van der Waals surface area contributed by atoms with E-state index >= 15 is 0 Å². The van der Waals surface area contributed by atoms with Crippen molar-refractivity contribution in [3.63, 3.8) is 0 Å². The summed E-state index contributed by atoms with van der Waals surface area (Å²) >= 11 is 5.97. The van der Waals surface area contributed by atoms with Crippen LogP contribution < -0.4 is 4.74 Å². The molecule has 0 saturated heterocycles. The van der Waals surface area contributed by atoms with E-state index in [0.29, 0.717) is 17.0 Å². The number of phenols is 1. The number of allylic oxidation sites excluding steroid dienone is 1. The summed E-state index contributed by atoms with van der Waals surface area (Å²) in [6, 6.07) is 12.8. The molecule has 114 valence electrons. The van der Waals surface area contributed by atoms with Crippen molar-refractivity contribution in [1.82, 2.24) is 9.97 Å². The normalized spacial score (nSPS) is 11.4. The molecule has 0 aliphatic heterocycles. The maximum Gasteiger partial charge on any atom is 0.176 e. The van der Waals surface area contributed by atoms with E-state index in [0.717, 1.165) is 11.0 Å². The Morgan fingerprint density at radius 2 is 2.17 bits per heavy atom. The predicted octanol–water partition coefficient (Wildman–Crippen LogP) is 3.99. The van der Waals surface area contributed by atoms with E-state index in [1.165, 1.54) is 7.11 Å². The van der Waals surface area contributed by atoms with Crippen LogP contribution in [0.2, 0.25) is 5.02 Å². The Bertz CT molecular complexity index is 921. The smallest absolute Gasteiger partial charge is 0.176 e. The van der Waals surface area contributed by atoms with Crippen LogP contribution in [0.15, 0.2) is 36.4 Å². The third-order valence-electron chi connectivity index (χ3n) is 3.35. The number of aromatic nitrogens is 2. The van der Waals surface area contributed by atoms with Gasteiger partial charge in [0.25, 0.3) is 0 Å². The number of halogens is 1. The molecular formula is C17H12ClN3O2. The SMILES string of the molecule is COc1cc(/C=C(/C#N)c2nc3ccccc3[nH]2)cc(Cl)c1O. The second-order valence-corrected chi connectivity index (χ2v) is 5.23. The molecule has 6 heteroatoms. The molecule has 0 atom stereocenters. The number of aromatic hydroxyl groups is 1. The zero-order valence-electron chi connectivity index (χ0n) is 12.2. The summed E-state index contributed by atoms with van der Waals surface area (Å²) in [6.07, 6.45) is 1.63. The number of fused-ring (bicyclic) bond motifs is 1. The molecule has 0 fully saturated rings. The van der Waals surface area contributed by atoms with Crippen molar-refractivity contribution in [2.24, 2.45) is 0 Å². The van der Waals surface area contributed by atoms with E-state index in [-0.39, 0.29) is 16.5 Å². The topological polar surface area (TPSA) is 81.9 Å². The zero-order valence-corrected chi connectivity index (χ0v) is 12.9. The summed E-state index contributed by atoms with van der Waals surface area (Å²) in [5, 5.41) is 19.3. The molecule has 0 spiro atoms. The second-order valence-electron chi connectivity index (χ2n) is 4.83. The zero-order chi connectivity index (χ0) is 16.4. The fraction of sp³-hybridized carbons (Fsp3) is 0.0588. The van der Waals surface area contributed by atoms with Crippen molar-refractivity contribution in [1.29, 1.82) is 5.26 Å². The standard InChI is InChI=1S/C17H12ClN3O2/c1-23-15-8-10(7-12(18)16(15)22)6-11(9-19)17-20-13-4-2-3-5-14(13)21-17/h2-8,22H,1H3,(H,20,21)/b11-6-. The Morgan fingerprint density at radius 3 is 2.87 bits per heavy atom. The highest BCUT2D eigenvalue weighted by atomic mass is 35.5. The number of rotatable bonds is 3. The van der Waals surface area contributed by atoms with Crippen molar-refractivity contribution in [3.8, 4) is 17.6 Å². The molecule has 1 heterocycles. The minimum absolute atomic E-state index is 0.131. The molecule has 0 bridgehead atoms. The molecule has 0 aliphatic carbocycles. The van der Waals surface area contributed by atoms with Crippen LogP contribution in [0.1, 0.15) is 11.4 Å².